The fourth-order valence-electron chi connectivity index (χ4n) is 1.58. The molecular weight excluding hydrogens is 216 g/mol. The zero-order chi connectivity index (χ0) is 11.2. The lowest BCUT2D eigenvalue weighted by Crippen LogP contribution is -1.92. The summed E-state index contributed by atoms with van der Waals surface area (Å²) in [4.78, 5) is 4.29. The Morgan fingerprint density at radius 2 is 2.06 bits per heavy atom. The molecule has 3 heteroatoms. The van der Waals surface area contributed by atoms with Crippen molar-refractivity contribution < 1.29 is 0 Å². The zero-order valence-corrected chi connectivity index (χ0v) is 10.3. The first kappa shape index (κ1) is 11.3. The van der Waals surface area contributed by atoms with Gasteiger partial charge in [-0.1, -0.05) is 42.1 Å². The molecule has 0 saturated heterocycles. The van der Waals surface area contributed by atoms with Crippen LogP contribution in [0.3, 0.4) is 0 Å². The molecule has 0 atom stereocenters. The maximum absolute atomic E-state index is 4.29. The van der Waals surface area contributed by atoms with Crippen molar-refractivity contribution in [2.75, 3.05) is 5.75 Å². The van der Waals surface area contributed by atoms with Gasteiger partial charge in [0.2, 0.25) is 0 Å². The van der Waals surface area contributed by atoms with Gasteiger partial charge in [0.25, 0.3) is 0 Å². The van der Waals surface area contributed by atoms with E-state index in [1.807, 2.05) is 31.2 Å². The third-order valence-electron chi connectivity index (χ3n) is 2.46. The number of imidazole rings is 1. The Bertz CT molecular complexity index is 423. The molecule has 0 aliphatic heterocycles. The summed E-state index contributed by atoms with van der Waals surface area (Å²) in [5.41, 5.74) is 1.42. The molecule has 1 heterocycles. The Labute approximate surface area is 101 Å². The summed E-state index contributed by atoms with van der Waals surface area (Å²) in [6.07, 6.45) is 6.18. The van der Waals surface area contributed by atoms with Crippen LogP contribution in [0, 0.1) is 0 Å². The maximum atomic E-state index is 4.29. The van der Waals surface area contributed by atoms with Crippen molar-refractivity contribution in [1.29, 1.82) is 0 Å². The highest BCUT2D eigenvalue weighted by atomic mass is 32.2. The summed E-state index contributed by atoms with van der Waals surface area (Å²) in [6.45, 7) is 0. The number of rotatable bonds is 5. The predicted octanol–water partition coefficient (Wildman–Crippen LogP) is 3.15. The van der Waals surface area contributed by atoms with E-state index in [0.717, 1.165) is 17.3 Å². The Morgan fingerprint density at radius 1 is 1.25 bits per heavy atom. The van der Waals surface area contributed by atoms with Gasteiger partial charge in [0.15, 0.2) is 5.16 Å². The van der Waals surface area contributed by atoms with Crippen LogP contribution in [-0.4, -0.2) is 15.3 Å². The third-order valence-corrected chi connectivity index (χ3v) is 3.61. The molecule has 1 aromatic heterocycles. The Morgan fingerprint density at radius 3 is 2.75 bits per heavy atom. The van der Waals surface area contributed by atoms with Crippen molar-refractivity contribution in [3.05, 3.63) is 48.3 Å². The van der Waals surface area contributed by atoms with Gasteiger partial charge in [-0.15, -0.1) is 0 Å². The highest BCUT2D eigenvalue weighted by Crippen LogP contribution is 2.16. The predicted molar refractivity (Wildman–Crippen MR) is 68.7 cm³/mol. The van der Waals surface area contributed by atoms with E-state index in [4.69, 9.17) is 0 Å². The van der Waals surface area contributed by atoms with Gasteiger partial charge in [-0.05, 0) is 18.4 Å². The largest absolute Gasteiger partial charge is 0.329 e. The van der Waals surface area contributed by atoms with E-state index in [1.54, 1.807) is 0 Å². The van der Waals surface area contributed by atoms with Gasteiger partial charge in [-0.3, -0.25) is 0 Å². The molecule has 0 radical (unpaired) electrons. The lowest BCUT2D eigenvalue weighted by Gasteiger charge is -2.02. The molecule has 0 aliphatic rings. The summed E-state index contributed by atoms with van der Waals surface area (Å²) < 4.78 is 2.06. The molecule has 2 rings (SSSR count). The second-order valence-electron chi connectivity index (χ2n) is 3.76. The number of hydrogen-bond donors (Lipinski definition) is 0. The SMILES string of the molecule is Cn1ccnc1SCCCc1ccccc1. The zero-order valence-electron chi connectivity index (χ0n) is 9.47. The van der Waals surface area contributed by atoms with E-state index in [0.29, 0.717) is 0 Å². The second-order valence-corrected chi connectivity index (χ2v) is 4.82. The summed E-state index contributed by atoms with van der Waals surface area (Å²) in [5.74, 6) is 1.12. The van der Waals surface area contributed by atoms with Crippen molar-refractivity contribution in [1.82, 2.24) is 9.55 Å². The van der Waals surface area contributed by atoms with E-state index in [1.165, 1.54) is 12.0 Å². The highest BCUT2D eigenvalue weighted by molar-refractivity contribution is 7.99. The Balaban J connectivity index is 1.72. The molecule has 0 fully saturated rings. The standard InChI is InChI=1S/C13H16N2S/c1-15-10-9-14-13(15)16-11-5-8-12-6-3-2-4-7-12/h2-4,6-7,9-10H,5,8,11H2,1H3. The average molecular weight is 232 g/mol. The fourth-order valence-corrected chi connectivity index (χ4v) is 2.45. The smallest absolute Gasteiger partial charge is 0.167 e. The first-order valence-corrected chi connectivity index (χ1v) is 6.49. The summed E-state index contributed by atoms with van der Waals surface area (Å²) >= 11 is 1.82. The first-order valence-electron chi connectivity index (χ1n) is 5.50. The molecule has 0 spiro atoms. The van der Waals surface area contributed by atoms with Crippen LogP contribution in [-0.2, 0) is 13.5 Å². The van der Waals surface area contributed by atoms with Gasteiger partial charge in [-0.2, -0.15) is 0 Å². The second kappa shape index (κ2) is 5.75. The molecule has 0 N–H and O–H groups in total. The summed E-state index contributed by atoms with van der Waals surface area (Å²) in [7, 11) is 2.03. The molecular formula is C13H16N2S. The Kier molecular flexibility index (Phi) is 4.05. The van der Waals surface area contributed by atoms with E-state index < -0.39 is 0 Å². The van der Waals surface area contributed by atoms with E-state index in [9.17, 15) is 0 Å². The van der Waals surface area contributed by atoms with Gasteiger partial charge in [0.1, 0.15) is 0 Å². The molecule has 0 unspecified atom stereocenters. The third kappa shape index (κ3) is 3.14. The van der Waals surface area contributed by atoms with E-state index in [-0.39, 0.29) is 0 Å². The minimum absolute atomic E-state index is 1.10. The lowest BCUT2D eigenvalue weighted by molar-refractivity contribution is 0.788. The van der Waals surface area contributed by atoms with Crippen molar-refractivity contribution in [2.24, 2.45) is 7.05 Å². The topological polar surface area (TPSA) is 17.8 Å². The monoisotopic (exact) mass is 232 g/mol. The molecule has 2 aromatic rings. The average Bonchev–Trinajstić information content (AvgIpc) is 2.72. The van der Waals surface area contributed by atoms with Gasteiger partial charge < -0.3 is 4.57 Å². The fraction of sp³-hybridized carbons (Fsp3) is 0.308. The van der Waals surface area contributed by atoms with Crippen LogP contribution in [0.2, 0.25) is 0 Å². The molecule has 2 nitrogen and oxygen atoms in total. The van der Waals surface area contributed by atoms with Crippen LogP contribution in [0.4, 0.5) is 0 Å². The Hall–Kier alpha value is -1.22. The molecule has 0 amide bonds. The van der Waals surface area contributed by atoms with E-state index in [2.05, 4.69) is 39.9 Å². The van der Waals surface area contributed by atoms with Gasteiger partial charge in [-0.25, -0.2) is 4.98 Å². The molecule has 1 aromatic carbocycles. The molecule has 84 valence electrons. The van der Waals surface area contributed by atoms with Crippen molar-refractivity contribution in [3.63, 3.8) is 0 Å². The van der Waals surface area contributed by atoms with Crippen molar-refractivity contribution in [3.8, 4) is 0 Å². The van der Waals surface area contributed by atoms with Crippen LogP contribution in [0.1, 0.15) is 12.0 Å². The van der Waals surface area contributed by atoms with Crippen LogP contribution in [0.25, 0.3) is 0 Å². The number of hydrogen-bond acceptors (Lipinski definition) is 2. The van der Waals surface area contributed by atoms with Crippen LogP contribution < -0.4 is 0 Å². The van der Waals surface area contributed by atoms with Gasteiger partial charge in [0, 0.05) is 25.2 Å². The summed E-state index contributed by atoms with van der Waals surface area (Å²) in [6, 6.07) is 10.6. The number of aryl methyl sites for hydroxylation is 2. The lowest BCUT2D eigenvalue weighted by atomic mass is 10.1. The maximum Gasteiger partial charge on any atom is 0.167 e. The first-order chi connectivity index (χ1) is 7.86. The minimum Gasteiger partial charge on any atom is -0.329 e. The van der Waals surface area contributed by atoms with Crippen molar-refractivity contribution >= 4 is 11.8 Å². The highest BCUT2D eigenvalue weighted by Gasteiger charge is 1.99. The van der Waals surface area contributed by atoms with Crippen molar-refractivity contribution in [2.45, 2.75) is 18.0 Å². The van der Waals surface area contributed by atoms with Gasteiger partial charge in [0.05, 0.1) is 0 Å². The molecule has 0 saturated carbocycles. The number of benzene rings is 1. The van der Waals surface area contributed by atoms with Gasteiger partial charge >= 0.3 is 0 Å². The summed E-state index contributed by atoms with van der Waals surface area (Å²) in [5, 5.41) is 1.10. The van der Waals surface area contributed by atoms with Crippen LogP contribution in [0.15, 0.2) is 47.9 Å². The van der Waals surface area contributed by atoms with Crippen LogP contribution in [0.5, 0.6) is 0 Å². The quantitative estimate of drug-likeness (QED) is 0.582. The number of nitrogens with zero attached hydrogens (tertiary/aromatic N) is 2. The minimum atomic E-state index is 1.10. The molecule has 0 bridgehead atoms. The number of aromatic nitrogens is 2. The van der Waals surface area contributed by atoms with E-state index >= 15 is 0 Å². The normalized spacial score (nSPS) is 10.6. The van der Waals surface area contributed by atoms with Crippen LogP contribution >= 0.6 is 11.8 Å². The molecule has 16 heavy (non-hydrogen) atoms. The number of thioether (sulfide) groups is 1. The molecule has 0 aliphatic carbocycles.